The van der Waals surface area contributed by atoms with E-state index in [1.54, 1.807) is 4.90 Å². The van der Waals surface area contributed by atoms with Crippen molar-refractivity contribution in [3.05, 3.63) is 35.4 Å². The first-order valence-electron chi connectivity index (χ1n) is 7.20. The van der Waals surface area contributed by atoms with E-state index in [4.69, 9.17) is 0 Å². The summed E-state index contributed by atoms with van der Waals surface area (Å²) in [5.74, 6) is 0. The Morgan fingerprint density at radius 1 is 1.27 bits per heavy atom. The fraction of sp³-hybridized carbons (Fsp3) is 0.533. The smallest absolute Gasteiger partial charge is 0.338 e. The van der Waals surface area contributed by atoms with Gasteiger partial charge in [-0.3, -0.25) is 4.90 Å². The number of benzene rings is 1. The summed E-state index contributed by atoms with van der Waals surface area (Å²) >= 11 is 0. The van der Waals surface area contributed by atoms with Crippen LogP contribution in [0.5, 0.6) is 0 Å². The van der Waals surface area contributed by atoms with Gasteiger partial charge in [-0.05, 0) is 31.1 Å². The SMILES string of the molecule is CN(CCCNC(=O)N1Cc2ccccc2C1)CC(F)(F)F. The van der Waals surface area contributed by atoms with Gasteiger partial charge in [0.1, 0.15) is 0 Å². The molecule has 1 aliphatic rings. The number of alkyl halides is 3. The predicted octanol–water partition coefficient (Wildman–Crippen LogP) is 2.60. The third-order valence-corrected chi connectivity index (χ3v) is 3.57. The summed E-state index contributed by atoms with van der Waals surface area (Å²) < 4.78 is 36.5. The van der Waals surface area contributed by atoms with Crippen molar-refractivity contribution >= 4 is 6.03 Å². The number of nitrogens with one attached hydrogen (secondary N) is 1. The van der Waals surface area contributed by atoms with Crippen LogP contribution in [0.25, 0.3) is 0 Å². The maximum absolute atomic E-state index is 12.2. The first-order valence-corrected chi connectivity index (χ1v) is 7.20. The molecule has 22 heavy (non-hydrogen) atoms. The standard InChI is InChI=1S/C15H20F3N3O/c1-20(11-15(16,17)18)8-4-7-19-14(22)21-9-12-5-2-3-6-13(12)10-21/h2-3,5-6H,4,7-11H2,1H3,(H,19,22). The zero-order chi connectivity index (χ0) is 16.2. The van der Waals surface area contributed by atoms with Gasteiger partial charge in [0, 0.05) is 19.6 Å². The molecule has 0 aromatic heterocycles. The molecule has 0 saturated carbocycles. The van der Waals surface area contributed by atoms with Crippen molar-refractivity contribution in [2.45, 2.75) is 25.7 Å². The van der Waals surface area contributed by atoms with E-state index in [1.165, 1.54) is 11.9 Å². The van der Waals surface area contributed by atoms with Crippen LogP contribution in [0.2, 0.25) is 0 Å². The van der Waals surface area contributed by atoms with Gasteiger partial charge in [0.2, 0.25) is 0 Å². The molecule has 0 atom stereocenters. The Morgan fingerprint density at radius 3 is 2.41 bits per heavy atom. The molecule has 2 rings (SSSR count). The lowest BCUT2D eigenvalue weighted by molar-refractivity contribution is -0.143. The molecule has 1 aromatic rings. The van der Waals surface area contributed by atoms with Crippen molar-refractivity contribution in [2.24, 2.45) is 0 Å². The number of fused-ring (bicyclic) bond motifs is 1. The van der Waals surface area contributed by atoms with Gasteiger partial charge < -0.3 is 10.2 Å². The number of rotatable bonds is 5. The molecule has 0 aliphatic carbocycles. The molecule has 0 unspecified atom stereocenters. The van der Waals surface area contributed by atoms with Crippen LogP contribution >= 0.6 is 0 Å². The van der Waals surface area contributed by atoms with Crippen LogP contribution in [0.3, 0.4) is 0 Å². The molecular weight excluding hydrogens is 295 g/mol. The maximum atomic E-state index is 12.2. The average molecular weight is 315 g/mol. The minimum Gasteiger partial charge on any atom is -0.338 e. The predicted molar refractivity (Wildman–Crippen MR) is 77.3 cm³/mol. The monoisotopic (exact) mass is 315 g/mol. The second kappa shape index (κ2) is 7.00. The first-order chi connectivity index (χ1) is 10.3. The minimum absolute atomic E-state index is 0.172. The van der Waals surface area contributed by atoms with Crippen LogP contribution in [0.4, 0.5) is 18.0 Å². The molecule has 1 heterocycles. The molecular formula is C15H20F3N3O. The van der Waals surface area contributed by atoms with Crippen LogP contribution < -0.4 is 5.32 Å². The molecule has 122 valence electrons. The second-order valence-electron chi connectivity index (χ2n) is 5.56. The van der Waals surface area contributed by atoms with E-state index < -0.39 is 12.7 Å². The largest absolute Gasteiger partial charge is 0.401 e. The molecule has 0 radical (unpaired) electrons. The summed E-state index contributed by atoms with van der Waals surface area (Å²) in [6, 6.07) is 7.70. The second-order valence-corrected chi connectivity index (χ2v) is 5.56. The third-order valence-electron chi connectivity index (χ3n) is 3.57. The topological polar surface area (TPSA) is 35.6 Å². The average Bonchev–Trinajstić information content (AvgIpc) is 2.85. The third kappa shape index (κ3) is 4.91. The highest BCUT2D eigenvalue weighted by molar-refractivity contribution is 5.75. The zero-order valence-corrected chi connectivity index (χ0v) is 12.5. The van der Waals surface area contributed by atoms with E-state index >= 15 is 0 Å². The lowest BCUT2D eigenvalue weighted by Gasteiger charge is -2.19. The van der Waals surface area contributed by atoms with Gasteiger partial charge in [0.05, 0.1) is 6.54 Å². The zero-order valence-electron chi connectivity index (χ0n) is 12.5. The molecule has 7 heteroatoms. The van der Waals surface area contributed by atoms with Gasteiger partial charge >= 0.3 is 12.2 Å². The van der Waals surface area contributed by atoms with Crippen molar-refractivity contribution < 1.29 is 18.0 Å². The van der Waals surface area contributed by atoms with Crippen LogP contribution in [0, 0.1) is 0 Å². The van der Waals surface area contributed by atoms with Crippen molar-refractivity contribution in [3.8, 4) is 0 Å². The quantitative estimate of drug-likeness (QED) is 0.848. The van der Waals surface area contributed by atoms with Crippen molar-refractivity contribution in [3.63, 3.8) is 0 Å². The molecule has 4 nitrogen and oxygen atoms in total. The van der Waals surface area contributed by atoms with E-state index in [9.17, 15) is 18.0 Å². The summed E-state index contributed by atoms with van der Waals surface area (Å²) in [6.45, 7) is 0.891. The molecule has 1 N–H and O–H groups in total. The number of hydrogen-bond donors (Lipinski definition) is 1. The number of carbonyl (C=O) groups excluding carboxylic acids is 1. The molecule has 1 aliphatic heterocycles. The lowest BCUT2D eigenvalue weighted by atomic mass is 10.1. The number of hydrogen-bond acceptors (Lipinski definition) is 2. The Bertz CT molecular complexity index is 494. The Balaban J connectivity index is 1.65. The highest BCUT2D eigenvalue weighted by atomic mass is 19.4. The minimum atomic E-state index is -4.18. The van der Waals surface area contributed by atoms with E-state index in [1.807, 2.05) is 24.3 Å². The molecule has 2 amide bonds. The van der Waals surface area contributed by atoms with E-state index in [0.29, 0.717) is 32.6 Å². The summed E-state index contributed by atoms with van der Waals surface area (Å²) in [5.41, 5.74) is 2.28. The van der Waals surface area contributed by atoms with Gasteiger partial charge in [0.25, 0.3) is 0 Å². The normalized spacial score (nSPS) is 14.3. The Kier molecular flexibility index (Phi) is 5.28. The van der Waals surface area contributed by atoms with Gasteiger partial charge in [-0.1, -0.05) is 24.3 Å². The number of carbonyl (C=O) groups is 1. The van der Waals surface area contributed by atoms with Crippen LogP contribution in [-0.2, 0) is 13.1 Å². The number of nitrogens with zero attached hydrogens (tertiary/aromatic N) is 2. The van der Waals surface area contributed by atoms with Gasteiger partial charge in [-0.2, -0.15) is 13.2 Å². The molecule has 0 saturated heterocycles. The molecule has 0 fully saturated rings. The number of amides is 2. The van der Waals surface area contributed by atoms with E-state index in [-0.39, 0.29) is 6.03 Å². The lowest BCUT2D eigenvalue weighted by Crippen LogP contribution is -2.38. The number of urea groups is 1. The van der Waals surface area contributed by atoms with Gasteiger partial charge in [0.15, 0.2) is 0 Å². The summed E-state index contributed by atoms with van der Waals surface area (Å²) in [4.78, 5) is 14.9. The molecule has 1 aromatic carbocycles. The first kappa shape index (κ1) is 16.6. The highest BCUT2D eigenvalue weighted by Crippen LogP contribution is 2.21. The summed E-state index contributed by atoms with van der Waals surface area (Å²) in [5, 5.41) is 2.76. The van der Waals surface area contributed by atoms with Crippen molar-refractivity contribution in [1.82, 2.24) is 15.1 Å². The molecule has 0 spiro atoms. The van der Waals surface area contributed by atoms with Crippen LogP contribution in [-0.4, -0.2) is 48.7 Å². The van der Waals surface area contributed by atoms with Crippen molar-refractivity contribution in [2.75, 3.05) is 26.7 Å². The summed E-state index contributed by atoms with van der Waals surface area (Å²) in [7, 11) is 1.42. The molecule has 0 bridgehead atoms. The Hall–Kier alpha value is -1.76. The van der Waals surface area contributed by atoms with Gasteiger partial charge in [-0.15, -0.1) is 0 Å². The Labute approximate surface area is 127 Å². The fourth-order valence-electron chi connectivity index (χ4n) is 2.52. The maximum Gasteiger partial charge on any atom is 0.401 e. The highest BCUT2D eigenvalue weighted by Gasteiger charge is 2.28. The van der Waals surface area contributed by atoms with Crippen LogP contribution in [0.15, 0.2) is 24.3 Å². The van der Waals surface area contributed by atoms with E-state index in [2.05, 4.69) is 5.32 Å². The Morgan fingerprint density at radius 2 is 1.86 bits per heavy atom. The fourth-order valence-corrected chi connectivity index (χ4v) is 2.52. The summed E-state index contributed by atoms with van der Waals surface area (Å²) in [6.07, 6.45) is -3.70. The number of halogens is 3. The van der Waals surface area contributed by atoms with Crippen LogP contribution in [0.1, 0.15) is 17.5 Å². The van der Waals surface area contributed by atoms with E-state index in [0.717, 1.165) is 11.1 Å². The van der Waals surface area contributed by atoms with Gasteiger partial charge in [-0.25, -0.2) is 4.79 Å². The van der Waals surface area contributed by atoms with Crippen molar-refractivity contribution in [1.29, 1.82) is 0 Å².